The van der Waals surface area contributed by atoms with Crippen LogP contribution in [0.2, 0.25) is 0 Å². The zero-order chi connectivity index (χ0) is 21.7. The summed E-state index contributed by atoms with van der Waals surface area (Å²) in [6, 6.07) is 9.50. The van der Waals surface area contributed by atoms with Crippen molar-refractivity contribution in [1.29, 1.82) is 0 Å². The molecule has 0 atom stereocenters. The predicted octanol–water partition coefficient (Wildman–Crippen LogP) is 3.31. The highest BCUT2D eigenvalue weighted by Crippen LogP contribution is 2.29. The van der Waals surface area contributed by atoms with E-state index >= 15 is 0 Å². The molecule has 1 saturated heterocycles. The first kappa shape index (κ1) is 21.1. The van der Waals surface area contributed by atoms with Crippen molar-refractivity contribution in [2.45, 2.75) is 19.8 Å². The molecule has 9 heteroatoms. The zero-order valence-electron chi connectivity index (χ0n) is 16.8. The molecule has 158 valence electrons. The average Bonchev–Trinajstić information content (AvgIpc) is 3.28. The molecular weight excluding hydrogens is 390 g/mol. The molecule has 1 aliphatic rings. The first-order valence-corrected chi connectivity index (χ1v) is 9.54. The Hall–Kier alpha value is -3.62. The minimum absolute atomic E-state index is 0.0229. The van der Waals surface area contributed by atoms with Crippen LogP contribution in [0.15, 0.2) is 36.4 Å². The van der Waals surface area contributed by atoms with Crippen molar-refractivity contribution in [1.82, 2.24) is 0 Å². The molecule has 1 N–H and O–H groups in total. The number of methoxy groups -OCH3 is 1. The fourth-order valence-corrected chi connectivity index (χ4v) is 3.32. The standard InChI is InChI=1S/C21H23N3O6/c1-14-11-16(23-9-3-4-10-23)6-7-17(14)22-20(25)13-30-19-8-5-15(21(26)29-2)12-18(19)24(27)28/h5-8,11-12H,3-4,9-10,13H2,1-2H3,(H,22,25). The van der Waals surface area contributed by atoms with Gasteiger partial charge in [0.1, 0.15) is 0 Å². The maximum absolute atomic E-state index is 12.3. The lowest BCUT2D eigenvalue weighted by Gasteiger charge is -2.19. The minimum Gasteiger partial charge on any atom is -0.477 e. The van der Waals surface area contributed by atoms with E-state index in [1.165, 1.54) is 32.1 Å². The van der Waals surface area contributed by atoms with Gasteiger partial charge in [-0.25, -0.2) is 4.79 Å². The van der Waals surface area contributed by atoms with Gasteiger partial charge < -0.3 is 19.7 Å². The second-order valence-electron chi connectivity index (χ2n) is 6.96. The minimum atomic E-state index is -0.699. The van der Waals surface area contributed by atoms with Gasteiger partial charge in [0.15, 0.2) is 12.4 Å². The third-order valence-electron chi connectivity index (χ3n) is 4.89. The van der Waals surface area contributed by atoms with Crippen molar-refractivity contribution in [2.75, 3.05) is 37.0 Å². The van der Waals surface area contributed by atoms with Crippen LogP contribution in [-0.4, -0.2) is 43.6 Å². The SMILES string of the molecule is COC(=O)c1ccc(OCC(=O)Nc2ccc(N3CCCC3)cc2C)c([N+](=O)[O-])c1. The Kier molecular flexibility index (Phi) is 6.51. The summed E-state index contributed by atoms with van der Waals surface area (Å²) in [5.74, 6) is -1.25. The summed E-state index contributed by atoms with van der Waals surface area (Å²) in [6.07, 6.45) is 2.36. The second-order valence-corrected chi connectivity index (χ2v) is 6.96. The normalized spacial score (nSPS) is 13.1. The number of benzene rings is 2. The Morgan fingerprint density at radius 1 is 1.17 bits per heavy atom. The van der Waals surface area contributed by atoms with Crippen molar-refractivity contribution in [2.24, 2.45) is 0 Å². The Morgan fingerprint density at radius 2 is 1.90 bits per heavy atom. The largest absolute Gasteiger partial charge is 0.477 e. The van der Waals surface area contributed by atoms with Crippen LogP contribution in [0.25, 0.3) is 0 Å². The number of esters is 1. The number of anilines is 2. The summed E-state index contributed by atoms with van der Waals surface area (Å²) in [5, 5.41) is 14.0. The molecule has 1 aliphatic heterocycles. The maximum Gasteiger partial charge on any atom is 0.338 e. The van der Waals surface area contributed by atoms with Gasteiger partial charge >= 0.3 is 11.7 Å². The molecule has 3 rings (SSSR count). The highest BCUT2D eigenvalue weighted by Gasteiger charge is 2.20. The average molecular weight is 413 g/mol. The van der Waals surface area contributed by atoms with E-state index < -0.39 is 29.1 Å². The smallest absolute Gasteiger partial charge is 0.338 e. The highest BCUT2D eigenvalue weighted by atomic mass is 16.6. The maximum atomic E-state index is 12.3. The number of carbonyl (C=O) groups excluding carboxylic acids is 2. The molecule has 9 nitrogen and oxygen atoms in total. The van der Waals surface area contributed by atoms with Gasteiger partial charge in [0.05, 0.1) is 17.6 Å². The molecule has 0 unspecified atom stereocenters. The highest BCUT2D eigenvalue weighted by molar-refractivity contribution is 5.93. The number of aryl methyl sites for hydroxylation is 1. The number of ether oxygens (including phenoxy) is 2. The topological polar surface area (TPSA) is 111 Å². The van der Waals surface area contributed by atoms with Crippen LogP contribution in [0.4, 0.5) is 17.1 Å². The van der Waals surface area contributed by atoms with Gasteiger partial charge in [0.2, 0.25) is 0 Å². The number of nitrogens with zero attached hydrogens (tertiary/aromatic N) is 2. The van der Waals surface area contributed by atoms with E-state index in [4.69, 9.17) is 4.74 Å². The number of nitrogens with one attached hydrogen (secondary N) is 1. The Balaban J connectivity index is 1.64. The molecule has 0 spiro atoms. The van der Waals surface area contributed by atoms with Gasteiger partial charge in [-0.3, -0.25) is 14.9 Å². The molecule has 30 heavy (non-hydrogen) atoms. The van der Waals surface area contributed by atoms with Crippen molar-refractivity contribution in [3.8, 4) is 5.75 Å². The Labute approximate surface area is 173 Å². The summed E-state index contributed by atoms with van der Waals surface area (Å²) < 4.78 is 9.89. The number of nitro benzene ring substituents is 1. The van der Waals surface area contributed by atoms with Crippen molar-refractivity contribution in [3.05, 3.63) is 57.6 Å². The van der Waals surface area contributed by atoms with Gasteiger partial charge in [-0.1, -0.05) is 0 Å². The second kappa shape index (κ2) is 9.25. The number of hydrogen-bond acceptors (Lipinski definition) is 7. The van der Waals surface area contributed by atoms with E-state index in [1.54, 1.807) is 0 Å². The van der Waals surface area contributed by atoms with E-state index in [0.29, 0.717) is 5.69 Å². The van der Waals surface area contributed by atoms with Gasteiger partial charge in [0.25, 0.3) is 5.91 Å². The van der Waals surface area contributed by atoms with Crippen LogP contribution < -0.4 is 15.0 Å². The van der Waals surface area contributed by atoms with Gasteiger partial charge in [-0.2, -0.15) is 0 Å². The van der Waals surface area contributed by atoms with Crippen LogP contribution in [-0.2, 0) is 9.53 Å². The van der Waals surface area contributed by atoms with E-state index in [2.05, 4.69) is 15.0 Å². The van der Waals surface area contributed by atoms with Crippen LogP contribution >= 0.6 is 0 Å². The summed E-state index contributed by atoms with van der Waals surface area (Å²) >= 11 is 0. The number of carbonyl (C=O) groups is 2. The molecular formula is C21H23N3O6. The summed E-state index contributed by atoms with van der Waals surface area (Å²) in [7, 11) is 1.18. The van der Waals surface area contributed by atoms with Gasteiger partial charge in [0, 0.05) is 30.5 Å². The van der Waals surface area contributed by atoms with Gasteiger partial charge in [-0.05, 0) is 55.7 Å². The Bertz CT molecular complexity index is 969. The first-order valence-electron chi connectivity index (χ1n) is 9.54. The number of amides is 1. The first-order chi connectivity index (χ1) is 14.4. The third-order valence-corrected chi connectivity index (χ3v) is 4.89. The predicted molar refractivity (Wildman–Crippen MR) is 111 cm³/mol. The van der Waals surface area contributed by atoms with Crippen molar-refractivity contribution in [3.63, 3.8) is 0 Å². The van der Waals surface area contributed by atoms with Crippen LogP contribution in [0.1, 0.15) is 28.8 Å². The quantitative estimate of drug-likeness (QED) is 0.421. The summed E-state index contributed by atoms with van der Waals surface area (Å²) in [4.78, 5) is 36.7. The molecule has 0 aromatic heterocycles. The van der Waals surface area contributed by atoms with Crippen molar-refractivity contribution >= 4 is 28.9 Å². The summed E-state index contributed by atoms with van der Waals surface area (Å²) in [6.45, 7) is 3.57. The lowest BCUT2D eigenvalue weighted by molar-refractivity contribution is -0.385. The molecule has 1 fully saturated rings. The van der Waals surface area contributed by atoms with Crippen LogP contribution in [0, 0.1) is 17.0 Å². The molecule has 0 aliphatic carbocycles. The van der Waals surface area contributed by atoms with Gasteiger partial charge in [-0.15, -0.1) is 0 Å². The van der Waals surface area contributed by atoms with E-state index in [9.17, 15) is 19.7 Å². The van der Waals surface area contributed by atoms with Crippen molar-refractivity contribution < 1.29 is 24.0 Å². The fraction of sp³-hybridized carbons (Fsp3) is 0.333. The number of hydrogen-bond donors (Lipinski definition) is 1. The fourth-order valence-electron chi connectivity index (χ4n) is 3.32. The van der Waals surface area contributed by atoms with E-state index in [1.807, 2.05) is 25.1 Å². The third kappa shape index (κ3) is 4.86. The molecule has 2 aromatic rings. The molecule has 1 heterocycles. The Morgan fingerprint density at radius 3 is 2.53 bits per heavy atom. The molecule has 0 bridgehead atoms. The van der Waals surface area contributed by atoms with Crippen LogP contribution in [0.3, 0.4) is 0 Å². The summed E-state index contributed by atoms with van der Waals surface area (Å²) in [5.41, 5.74) is 2.30. The zero-order valence-corrected chi connectivity index (χ0v) is 16.8. The number of rotatable bonds is 7. The lowest BCUT2D eigenvalue weighted by atomic mass is 10.1. The molecule has 0 saturated carbocycles. The van der Waals surface area contributed by atoms with Crippen LogP contribution in [0.5, 0.6) is 5.75 Å². The number of nitro groups is 1. The van der Waals surface area contributed by atoms with E-state index in [-0.39, 0.29) is 11.3 Å². The molecule has 1 amide bonds. The molecule has 2 aromatic carbocycles. The lowest BCUT2D eigenvalue weighted by Crippen LogP contribution is -2.21. The monoisotopic (exact) mass is 413 g/mol. The molecule has 0 radical (unpaired) electrons. The van der Waals surface area contributed by atoms with E-state index in [0.717, 1.165) is 30.4 Å².